The van der Waals surface area contributed by atoms with E-state index in [0.29, 0.717) is 17.8 Å². The van der Waals surface area contributed by atoms with Gasteiger partial charge in [0.2, 0.25) is 0 Å². The van der Waals surface area contributed by atoms with Crippen LogP contribution >= 0.6 is 0 Å². The lowest BCUT2D eigenvalue weighted by molar-refractivity contribution is 0.101. The number of aryl methyl sites for hydroxylation is 5. The number of fused-ring (bicyclic) bond motifs is 5. The minimum absolute atomic E-state index is 0. The Morgan fingerprint density at radius 2 is 0.698 bits per heavy atom. The van der Waals surface area contributed by atoms with E-state index in [-0.39, 0.29) is 42.7 Å². The topological polar surface area (TPSA) is 32.4 Å². The van der Waals surface area contributed by atoms with E-state index in [1.807, 2.05) is 221 Å². The van der Waals surface area contributed by atoms with E-state index in [2.05, 4.69) is 181 Å². The van der Waals surface area contributed by atoms with Gasteiger partial charge in [0.1, 0.15) is 36.4 Å². The fourth-order valence-electron chi connectivity index (χ4n) is 21.2. The van der Waals surface area contributed by atoms with Gasteiger partial charge in [0, 0.05) is 79.9 Å². The molecule has 7 atom stereocenters. The molecule has 126 heavy (non-hydrogen) atoms. The van der Waals surface area contributed by atoms with Crippen molar-refractivity contribution in [2.75, 3.05) is 31.0 Å². The lowest BCUT2D eigenvalue weighted by atomic mass is 9.76. The number of hydrogen-bond donors (Lipinski definition) is 0. The van der Waals surface area contributed by atoms with Gasteiger partial charge in [0.15, 0.2) is 0 Å². The lowest BCUT2D eigenvalue weighted by Crippen LogP contribution is -2.52. The Balaban J connectivity index is 0.000000157. The van der Waals surface area contributed by atoms with Gasteiger partial charge in [-0.15, -0.1) is 0 Å². The molecular formula is C116H146N10. The summed E-state index contributed by atoms with van der Waals surface area (Å²) in [5, 5.41) is 0. The van der Waals surface area contributed by atoms with Crippen molar-refractivity contribution in [3.63, 3.8) is 0 Å². The van der Waals surface area contributed by atoms with E-state index < -0.39 is 75.7 Å². The number of rotatable bonds is 11. The van der Waals surface area contributed by atoms with Crippen LogP contribution in [-0.2, 0) is 11.1 Å². The number of anilines is 5. The molecule has 0 aromatic heterocycles. The van der Waals surface area contributed by atoms with Crippen molar-refractivity contribution < 1.29 is 20.6 Å². The molecule has 0 amide bonds. The van der Waals surface area contributed by atoms with E-state index >= 15 is 0 Å². The molecule has 12 aliphatic rings. The Morgan fingerprint density at radius 1 is 0.333 bits per heavy atom. The Labute approximate surface area is 781 Å². The van der Waals surface area contributed by atoms with Crippen molar-refractivity contribution in [1.82, 2.24) is 24.5 Å². The molecule has 21 rings (SSSR count). The van der Waals surface area contributed by atoms with E-state index in [9.17, 15) is 1.37 Å². The van der Waals surface area contributed by atoms with Crippen LogP contribution in [0.15, 0.2) is 360 Å². The first kappa shape index (κ1) is 74.6. The van der Waals surface area contributed by atoms with Gasteiger partial charge in [-0.1, -0.05) is 306 Å². The molecule has 9 aromatic rings. The molecule has 2 fully saturated rings. The fourth-order valence-corrected chi connectivity index (χ4v) is 21.2. The zero-order valence-corrected chi connectivity index (χ0v) is 72.2. The summed E-state index contributed by atoms with van der Waals surface area (Å²) < 4.78 is 126. The third kappa shape index (κ3) is 16.2. The van der Waals surface area contributed by atoms with Crippen LogP contribution in [0.3, 0.4) is 0 Å². The first-order valence-corrected chi connectivity index (χ1v) is 43.5. The van der Waals surface area contributed by atoms with Crippen molar-refractivity contribution in [3.05, 3.63) is 410 Å². The molecular weight excluding hydrogens is 1530 g/mol. The maximum atomic E-state index is 9.18. The normalized spacial score (nSPS) is 26.0. The SMILES string of the molecule is C.C.C.C.C.CC1=C2C=CC(C)(C)N2C(C2CCCCC2)N1c1ccccc1C.[2H]C([2H])([2H])C1N(c2ccccc2C)C(C)=C2C=CC([2H])([2H])N21.[2H]C([2H])([2H])C1N(c2ccccc2C)C(C)=C2C=CC([2H])(c3ccccc3)N21.[2H]C([2H])([2H])C1N(c2ccccc2C)C(C)=C2C=CC(c3ccccc3)(C3CCCC3)N21.[2H]C([2H])([2H])C1N(c2ccccc2C)C(C)=C2C=CC(c3ccccc3)(c3ccccc3)N21. The summed E-state index contributed by atoms with van der Waals surface area (Å²) >= 11 is 0. The van der Waals surface area contributed by atoms with Crippen LogP contribution in [0.4, 0.5) is 28.4 Å². The average Bonchev–Trinajstić information content (AvgIpc) is 1.54. The van der Waals surface area contributed by atoms with Crippen molar-refractivity contribution in [3.8, 4) is 0 Å². The third-order valence-corrected chi connectivity index (χ3v) is 27.2. The summed E-state index contributed by atoms with van der Waals surface area (Å²) in [6.45, 7) is 14.3. The van der Waals surface area contributed by atoms with Crippen molar-refractivity contribution in [2.45, 2.75) is 259 Å². The Morgan fingerprint density at radius 3 is 1.17 bits per heavy atom. The van der Waals surface area contributed by atoms with Crippen LogP contribution in [0, 0.1) is 46.5 Å². The third-order valence-electron chi connectivity index (χ3n) is 27.2. The average molecular weight is 1700 g/mol. The van der Waals surface area contributed by atoms with Crippen molar-refractivity contribution in [2.24, 2.45) is 11.8 Å². The van der Waals surface area contributed by atoms with E-state index in [1.165, 1.54) is 84.1 Å². The number of para-hydroxylation sites is 5. The van der Waals surface area contributed by atoms with E-state index in [0.717, 1.165) is 120 Å². The van der Waals surface area contributed by atoms with Crippen LogP contribution in [0.25, 0.3) is 0 Å². The first-order valence-electron chi connectivity index (χ1n) is 51.0. The highest BCUT2D eigenvalue weighted by atomic mass is 15.5. The summed E-state index contributed by atoms with van der Waals surface area (Å²) in [6, 6.07) is 79.5. The highest BCUT2D eigenvalue weighted by Crippen LogP contribution is 2.57. The highest BCUT2D eigenvalue weighted by Gasteiger charge is 2.55. The number of nitrogens with zero attached hydrogens (tertiary/aromatic N) is 10. The lowest BCUT2D eigenvalue weighted by Gasteiger charge is -2.47. The van der Waals surface area contributed by atoms with Gasteiger partial charge >= 0.3 is 0 Å². The van der Waals surface area contributed by atoms with Gasteiger partial charge in [-0.05, 0) is 265 Å². The molecule has 2 saturated carbocycles. The largest absolute Gasteiger partial charge is 0.346 e. The molecule has 0 N–H and O–H groups in total. The molecule has 0 saturated heterocycles. The molecule has 2 aliphatic carbocycles. The van der Waals surface area contributed by atoms with Crippen LogP contribution in [0.5, 0.6) is 0 Å². The molecule has 660 valence electrons. The first-order chi connectivity index (χ1) is 64.6. The number of allylic oxidation sites excluding steroid dienone is 10. The zero-order chi connectivity index (χ0) is 96.9. The minimum Gasteiger partial charge on any atom is -0.346 e. The predicted molar refractivity (Wildman–Crippen MR) is 540 cm³/mol. The van der Waals surface area contributed by atoms with Gasteiger partial charge in [0.05, 0.1) is 49.7 Å². The molecule has 10 aliphatic heterocycles. The maximum Gasteiger partial charge on any atom is 0.112 e. The quantitative estimate of drug-likeness (QED) is 0.125. The molecule has 0 bridgehead atoms. The molecule has 10 nitrogen and oxygen atoms in total. The van der Waals surface area contributed by atoms with Gasteiger partial charge in [-0.3, -0.25) is 0 Å². The summed E-state index contributed by atoms with van der Waals surface area (Å²) in [4.78, 5) is 20.5. The van der Waals surface area contributed by atoms with Gasteiger partial charge in [-0.2, -0.15) is 0 Å². The second-order valence-corrected chi connectivity index (χ2v) is 34.7. The molecule has 10 heteroatoms. The van der Waals surface area contributed by atoms with E-state index in [4.69, 9.17) is 19.2 Å². The summed E-state index contributed by atoms with van der Waals surface area (Å²) in [5.74, 6) is 1.16. The zero-order valence-electron chi connectivity index (χ0n) is 87.2. The molecule has 7 unspecified atom stereocenters. The standard InChI is InChI=1S/C27H26N2.C26H30N2.C22H30N2.C21H22N2.C15H18N2.5CH4/c1-20-12-10-11-17-25(20)28-21(2)26-18-19-27(29(26)22(28)3,23-13-6-4-7-14-23)24-15-8-5-9-16-24;1-19-11-7-10-16-24(19)27-20(2)25-17-18-26(28(25)21(27)3,23-14-8-9-15-23)22-12-5-4-6-13-22;1-16-10-8-9-13-19(16)23-17(2)20-14-15-22(3,4)24(20)21(23)18-11-6-5-7-12-18;1-15-9-7-8-12-19(15)22-16(2)20-13-14-21(23(20)17(22)3)18-10-5-4-6-11-18;1-11-7-4-5-8-14(11)17-12(2)15-9-6-10-16(15)13(17)3;;;;;/h4-19,22H,1-3H3;4-7,10-13,16-18,21,23H,8-9,14-15H2,1-3H3;8-10,13-15,18,21H,5-7,11-12H2,1-4H3;4-14,17,21H,1-3H3;4-9,13H,10H2,1-3H3;5*1H4/i2*3D3;;3D3,21D;3D3,10D2;;;;;. The van der Waals surface area contributed by atoms with Crippen LogP contribution < -0.4 is 24.5 Å². The van der Waals surface area contributed by atoms with Crippen molar-refractivity contribution >= 4 is 28.4 Å². The number of hydrogen-bond acceptors (Lipinski definition) is 10. The van der Waals surface area contributed by atoms with Crippen LogP contribution in [0.1, 0.15) is 247 Å². The molecule has 0 spiro atoms. The Kier molecular flexibility index (Phi) is 22.9. The Bertz CT molecular complexity index is 6230. The Hall–Kier alpha value is -11.6. The summed E-state index contributed by atoms with van der Waals surface area (Å²) in [7, 11) is 0. The van der Waals surface area contributed by atoms with Gasteiger partial charge in [0.25, 0.3) is 0 Å². The molecule has 0 radical (unpaired) electrons. The van der Waals surface area contributed by atoms with Crippen LogP contribution in [-0.4, -0.2) is 67.4 Å². The second kappa shape index (κ2) is 38.7. The second-order valence-electron chi connectivity index (χ2n) is 34.7. The molecule has 10 heterocycles. The number of benzene rings is 9. The highest BCUT2D eigenvalue weighted by molar-refractivity contribution is 5.69. The van der Waals surface area contributed by atoms with Crippen molar-refractivity contribution in [1.29, 1.82) is 0 Å². The monoisotopic (exact) mass is 1690 g/mol. The fraction of sp³-hybridized carbons (Fsp3) is 0.362. The smallest absolute Gasteiger partial charge is 0.112 e. The minimum atomic E-state index is -2.34. The maximum absolute atomic E-state index is 9.18. The van der Waals surface area contributed by atoms with Gasteiger partial charge in [-0.25, -0.2) is 0 Å². The summed E-state index contributed by atoms with van der Waals surface area (Å²) in [5.41, 5.74) is 23.3. The van der Waals surface area contributed by atoms with E-state index in [1.54, 1.807) is 22.0 Å². The summed E-state index contributed by atoms with van der Waals surface area (Å²) in [6.07, 6.45) is 28.7. The van der Waals surface area contributed by atoms with Gasteiger partial charge < -0.3 is 49.0 Å². The predicted octanol–water partition coefficient (Wildman–Crippen LogP) is 29.6. The molecule has 9 aromatic carbocycles. The van der Waals surface area contributed by atoms with Crippen LogP contribution in [0.2, 0.25) is 0 Å².